The predicted molar refractivity (Wildman–Crippen MR) is 100 cm³/mol. The lowest BCUT2D eigenvalue weighted by molar-refractivity contribution is 0.355. The largest absolute Gasteiger partial charge is 0.493 e. The van der Waals surface area contributed by atoms with Gasteiger partial charge in [0, 0.05) is 16.8 Å². The Morgan fingerprint density at radius 3 is 2.60 bits per heavy atom. The maximum absolute atomic E-state index is 12.5. The molecule has 0 atom stereocenters. The van der Waals surface area contributed by atoms with Crippen molar-refractivity contribution in [2.75, 3.05) is 20.1 Å². The van der Waals surface area contributed by atoms with Crippen molar-refractivity contribution in [1.29, 1.82) is 0 Å². The Balaban J connectivity index is 2.01. The third-order valence-corrected chi connectivity index (χ3v) is 4.89. The lowest BCUT2D eigenvalue weighted by Crippen LogP contribution is -2.29. The Labute approximate surface area is 153 Å². The van der Waals surface area contributed by atoms with Crippen LogP contribution in [-0.4, -0.2) is 23.9 Å². The summed E-state index contributed by atoms with van der Waals surface area (Å²) >= 11 is 7.35. The second-order valence-electron chi connectivity index (χ2n) is 5.21. The standard InChI is InChI=1S/C17H16ClN3O3S/c1-23-14-7-12-13(8-15(14)24-2)20-17(21(19)16(12)22)25-9-10-4-3-5-11(18)6-10/h3-8H,9,19H2,1-2H3. The summed E-state index contributed by atoms with van der Waals surface area (Å²) in [6, 6.07) is 10.7. The zero-order valence-electron chi connectivity index (χ0n) is 13.7. The number of thioether (sulfide) groups is 1. The molecule has 0 aliphatic heterocycles. The number of benzene rings is 2. The molecule has 0 radical (unpaired) electrons. The SMILES string of the molecule is COc1cc2nc(SCc3cccc(Cl)c3)n(N)c(=O)c2cc1OC. The summed E-state index contributed by atoms with van der Waals surface area (Å²) in [6.07, 6.45) is 0. The number of hydrogen-bond donors (Lipinski definition) is 1. The lowest BCUT2D eigenvalue weighted by atomic mass is 10.2. The molecule has 130 valence electrons. The van der Waals surface area contributed by atoms with Crippen molar-refractivity contribution in [3.8, 4) is 11.5 Å². The molecule has 8 heteroatoms. The van der Waals surface area contributed by atoms with Crippen molar-refractivity contribution >= 4 is 34.3 Å². The minimum absolute atomic E-state index is 0.348. The van der Waals surface area contributed by atoms with Crippen LogP contribution in [0.3, 0.4) is 0 Å². The van der Waals surface area contributed by atoms with Crippen LogP contribution in [0.2, 0.25) is 5.02 Å². The summed E-state index contributed by atoms with van der Waals surface area (Å²) in [5.41, 5.74) is 1.16. The van der Waals surface area contributed by atoms with Gasteiger partial charge in [-0.05, 0) is 23.8 Å². The van der Waals surface area contributed by atoms with E-state index in [9.17, 15) is 4.79 Å². The van der Waals surface area contributed by atoms with Gasteiger partial charge in [0.1, 0.15) is 0 Å². The van der Waals surface area contributed by atoms with Crippen molar-refractivity contribution in [3.05, 3.63) is 57.3 Å². The van der Waals surface area contributed by atoms with Crippen molar-refractivity contribution in [2.24, 2.45) is 0 Å². The fraction of sp³-hybridized carbons (Fsp3) is 0.176. The van der Waals surface area contributed by atoms with Gasteiger partial charge in [0.15, 0.2) is 16.7 Å². The van der Waals surface area contributed by atoms with Crippen LogP contribution < -0.4 is 20.9 Å². The maximum atomic E-state index is 12.5. The van der Waals surface area contributed by atoms with Crippen LogP contribution in [0.5, 0.6) is 11.5 Å². The predicted octanol–water partition coefficient (Wildman–Crippen LogP) is 3.07. The Kier molecular flexibility index (Phi) is 5.06. The van der Waals surface area contributed by atoms with E-state index in [2.05, 4.69) is 4.98 Å². The average molecular weight is 378 g/mol. The molecular formula is C17H16ClN3O3S. The lowest BCUT2D eigenvalue weighted by Gasteiger charge is -2.11. The molecular weight excluding hydrogens is 362 g/mol. The summed E-state index contributed by atoms with van der Waals surface area (Å²) in [4.78, 5) is 17.0. The first-order valence-electron chi connectivity index (χ1n) is 7.34. The molecule has 2 aromatic carbocycles. The van der Waals surface area contributed by atoms with Crippen molar-refractivity contribution in [2.45, 2.75) is 10.9 Å². The van der Waals surface area contributed by atoms with Gasteiger partial charge < -0.3 is 15.3 Å². The number of nitrogens with two attached hydrogens (primary N) is 1. The minimum atomic E-state index is -0.348. The quantitative estimate of drug-likeness (QED) is 0.418. The smallest absolute Gasteiger partial charge is 0.280 e. The highest BCUT2D eigenvalue weighted by Crippen LogP contribution is 2.31. The highest BCUT2D eigenvalue weighted by atomic mass is 35.5. The average Bonchev–Trinajstić information content (AvgIpc) is 2.62. The number of halogens is 1. The highest BCUT2D eigenvalue weighted by Gasteiger charge is 2.14. The van der Waals surface area contributed by atoms with E-state index in [0.717, 1.165) is 10.2 Å². The molecule has 1 heterocycles. The van der Waals surface area contributed by atoms with Gasteiger partial charge in [-0.3, -0.25) is 4.79 Å². The first-order chi connectivity index (χ1) is 12.0. The zero-order chi connectivity index (χ0) is 18.0. The van der Waals surface area contributed by atoms with Gasteiger partial charge in [0.25, 0.3) is 5.56 Å². The minimum Gasteiger partial charge on any atom is -0.493 e. The van der Waals surface area contributed by atoms with E-state index in [1.165, 1.54) is 26.0 Å². The van der Waals surface area contributed by atoms with E-state index in [-0.39, 0.29) is 5.56 Å². The van der Waals surface area contributed by atoms with Crippen LogP contribution in [-0.2, 0) is 5.75 Å². The Morgan fingerprint density at radius 2 is 1.92 bits per heavy atom. The summed E-state index contributed by atoms with van der Waals surface area (Å²) in [5, 5.41) is 1.43. The second kappa shape index (κ2) is 7.25. The number of nitrogen functional groups attached to an aromatic ring is 1. The molecule has 0 unspecified atom stereocenters. The van der Waals surface area contributed by atoms with Crippen molar-refractivity contribution in [3.63, 3.8) is 0 Å². The Morgan fingerprint density at radius 1 is 1.20 bits per heavy atom. The molecule has 0 amide bonds. The third kappa shape index (κ3) is 3.52. The van der Waals surface area contributed by atoms with Gasteiger partial charge in [-0.25, -0.2) is 9.66 Å². The van der Waals surface area contributed by atoms with E-state index in [1.807, 2.05) is 24.3 Å². The normalized spacial score (nSPS) is 10.8. The van der Waals surface area contributed by atoms with E-state index in [4.69, 9.17) is 26.9 Å². The van der Waals surface area contributed by atoms with Gasteiger partial charge in [0.2, 0.25) is 0 Å². The van der Waals surface area contributed by atoms with Gasteiger partial charge in [-0.15, -0.1) is 0 Å². The number of fused-ring (bicyclic) bond motifs is 1. The molecule has 3 rings (SSSR count). The van der Waals surface area contributed by atoms with Crippen molar-refractivity contribution < 1.29 is 9.47 Å². The van der Waals surface area contributed by atoms with Crippen LogP contribution in [0, 0.1) is 0 Å². The molecule has 6 nitrogen and oxygen atoms in total. The summed E-state index contributed by atoms with van der Waals surface area (Å²) < 4.78 is 11.5. The van der Waals surface area contributed by atoms with Crippen LogP contribution in [0.4, 0.5) is 0 Å². The number of hydrogen-bond acceptors (Lipinski definition) is 6. The molecule has 3 aromatic rings. The van der Waals surface area contributed by atoms with Gasteiger partial charge in [-0.2, -0.15) is 0 Å². The summed E-state index contributed by atoms with van der Waals surface area (Å²) in [6.45, 7) is 0. The Bertz CT molecular complexity index is 991. The van der Waals surface area contributed by atoms with Crippen LogP contribution in [0.15, 0.2) is 46.3 Å². The van der Waals surface area contributed by atoms with Crippen molar-refractivity contribution in [1.82, 2.24) is 9.66 Å². The molecule has 0 aliphatic rings. The maximum Gasteiger partial charge on any atom is 0.280 e. The number of methoxy groups -OCH3 is 2. The third-order valence-electron chi connectivity index (χ3n) is 3.63. The molecule has 25 heavy (non-hydrogen) atoms. The highest BCUT2D eigenvalue weighted by molar-refractivity contribution is 7.98. The van der Waals surface area contributed by atoms with E-state index < -0.39 is 0 Å². The first-order valence-corrected chi connectivity index (χ1v) is 8.71. The molecule has 0 saturated heterocycles. The summed E-state index contributed by atoms with van der Waals surface area (Å²) in [7, 11) is 3.04. The fourth-order valence-corrected chi connectivity index (χ4v) is 3.46. The molecule has 0 spiro atoms. The number of nitrogens with zero attached hydrogens (tertiary/aromatic N) is 2. The molecule has 0 saturated carbocycles. The van der Waals surface area contributed by atoms with Gasteiger partial charge >= 0.3 is 0 Å². The number of rotatable bonds is 5. The molecule has 1 aromatic heterocycles. The van der Waals surface area contributed by atoms with Crippen LogP contribution in [0.25, 0.3) is 10.9 Å². The van der Waals surface area contributed by atoms with Crippen LogP contribution in [0.1, 0.15) is 5.56 Å². The molecule has 0 aliphatic carbocycles. The van der Waals surface area contributed by atoms with E-state index in [1.54, 1.807) is 12.1 Å². The molecule has 2 N–H and O–H groups in total. The Hall–Kier alpha value is -2.38. The zero-order valence-corrected chi connectivity index (χ0v) is 15.2. The van der Waals surface area contributed by atoms with Gasteiger partial charge in [-0.1, -0.05) is 35.5 Å². The van der Waals surface area contributed by atoms with Gasteiger partial charge in [0.05, 0.1) is 25.1 Å². The van der Waals surface area contributed by atoms with Crippen LogP contribution >= 0.6 is 23.4 Å². The fourth-order valence-electron chi connectivity index (χ4n) is 2.38. The summed E-state index contributed by atoms with van der Waals surface area (Å²) in [5.74, 6) is 7.47. The molecule has 0 fully saturated rings. The topological polar surface area (TPSA) is 79.4 Å². The number of aromatic nitrogens is 2. The molecule has 0 bridgehead atoms. The van der Waals surface area contributed by atoms with E-state index >= 15 is 0 Å². The second-order valence-corrected chi connectivity index (χ2v) is 6.59. The first kappa shape index (κ1) is 17.4. The monoisotopic (exact) mass is 377 g/mol. The number of ether oxygens (including phenoxy) is 2. The van der Waals surface area contributed by atoms with E-state index in [0.29, 0.717) is 38.3 Å².